The quantitative estimate of drug-likeness (QED) is 0.571. The number of aryl methyl sites for hydroxylation is 2. The third-order valence-electron chi connectivity index (χ3n) is 3.29. The molecule has 0 aliphatic heterocycles. The molecule has 2 aromatic heterocycles. The topological polar surface area (TPSA) is 38.5 Å². The molecule has 0 bridgehead atoms. The highest BCUT2D eigenvalue weighted by Gasteiger charge is 2.02. The number of rotatable bonds is 5. The van der Waals surface area contributed by atoms with E-state index in [1.165, 1.54) is 5.52 Å². The van der Waals surface area contributed by atoms with Crippen molar-refractivity contribution in [3.05, 3.63) is 47.8 Å². The monoisotopic (exact) mass is 272 g/mol. The van der Waals surface area contributed by atoms with E-state index in [1.807, 2.05) is 30.9 Å². The van der Waals surface area contributed by atoms with Crippen molar-refractivity contribution in [2.75, 3.05) is 0 Å². The van der Waals surface area contributed by atoms with Crippen LogP contribution >= 0.6 is 12.2 Å². The third-order valence-corrected chi connectivity index (χ3v) is 3.61. The van der Waals surface area contributed by atoms with Crippen molar-refractivity contribution < 1.29 is 0 Å². The van der Waals surface area contributed by atoms with Gasteiger partial charge in [0.25, 0.3) is 0 Å². The lowest BCUT2D eigenvalue weighted by atomic mass is 10.3. The summed E-state index contributed by atoms with van der Waals surface area (Å²) < 4.78 is 5.09. The highest BCUT2D eigenvalue weighted by molar-refractivity contribution is 7.71. The average molecular weight is 272 g/mol. The SMILES string of the molecule is S=c1[nH]c2ccccc2n1CCCCn1ccnc1. The van der Waals surface area contributed by atoms with Gasteiger partial charge in [-0.05, 0) is 37.2 Å². The normalized spacial score (nSPS) is 11.2. The molecular formula is C14H16N4S. The number of fused-ring (bicyclic) bond motifs is 1. The largest absolute Gasteiger partial charge is 0.337 e. The van der Waals surface area contributed by atoms with Crippen molar-refractivity contribution in [3.63, 3.8) is 0 Å². The number of hydrogen-bond acceptors (Lipinski definition) is 2. The molecule has 2 heterocycles. The molecule has 5 heteroatoms. The summed E-state index contributed by atoms with van der Waals surface area (Å²) in [6.07, 6.45) is 7.90. The van der Waals surface area contributed by atoms with Gasteiger partial charge in [-0.2, -0.15) is 0 Å². The van der Waals surface area contributed by atoms with E-state index in [0.29, 0.717) is 0 Å². The van der Waals surface area contributed by atoms with Gasteiger partial charge in [-0.25, -0.2) is 4.98 Å². The number of aromatic nitrogens is 4. The Morgan fingerprint density at radius 2 is 2.00 bits per heavy atom. The van der Waals surface area contributed by atoms with Gasteiger partial charge in [0.15, 0.2) is 4.77 Å². The number of hydrogen-bond donors (Lipinski definition) is 1. The number of aromatic amines is 1. The minimum Gasteiger partial charge on any atom is -0.337 e. The summed E-state index contributed by atoms with van der Waals surface area (Å²) in [7, 11) is 0. The molecule has 3 aromatic rings. The van der Waals surface area contributed by atoms with E-state index in [2.05, 4.69) is 31.2 Å². The number of unbranched alkanes of at least 4 members (excludes halogenated alkanes) is 1. The summed E-state index contributed by atoms with van der Waals surface area (Å²) in [6.45, 7) is 1.97. The molecule has 19 heavy (non-hydrogen) atoms. The highest BCUT2D eigenvalue weighted by Crippen LogP contribution is 2.14. The number of benzene rings is 1. The van der Waals surface area contributed by atoms with Crippen LogP contribution in [0.4, 0.5) is 0 Å². The van der Waals surface area contributed by atoms with E-state index in [1.54, 1.807) is 0 Å². The first-order valence-electron chi connectivity index (χ1n) is 6.48. The van der Waals surface area contributed by atoms with Crippen molar-refractivity contribution in [2.45, 2.75) is 25.9 Å². The van der Waals surface area contributed by atoms with Crippen LogP contribution in [0.3, 0.4) is 0 Å². The smallest absolute Gasteiger partial charge is 0.178 e. The molecule has 0 atom stereocenters. The van der Waals surface area contributed by atoms with Crippen LogP contribution in [0.2, 0.25) is 0 Å². The van der Waals surface area contributed by atoms with Gasteiger partial charge < -0.3 is 14.1 Å². The summed E-state index contributed by atoms with van der Waals surface area (Å²) >= 11 is 5.37. The summed E-state index contributed by atoms with van der Waals surface area (Å²) in [5, 5.41) is 0. The van der Waals surface area contributed by atoms with Gasteiger partial charge in [-0.3, -0.25) is 0 Å². The summed E-state index contributed by atoms with van der Waals surface area (Å²) in [4.78, 5) is 7.29. The lowest BCUT2D eigenvalue weighted by Crippen LogP contribution is -2.01. The highest BCUT2D eigenvalue weighted by atomic mass is 32.1. The maximum atomic E-state index is 5.37. The fourth-order valence-electron chi connectivity index (χ4n) is 2.31. The predicted octanol–water partition coefficient (Wildman–Crippen LogP) is 3.38. The number of imidazole rings is 2. The Labute approximate surface area is 116 Å². The Kier molecular flexibility index (Phi) is 3.46. The molecule has 0 saturated carbocycles. The van der Waals surface area contributed by atoms with Crippen LogP contribution in [-0.2, 0) is 13.1 Å². The number of nitrogens with zero attached hydrogens (tertiary/aromatic N) is 3. The summed E-state index contributed by atoms with van der Waals surface area (Å²) in [6, 6.07) is 8.24. The average Bonchev–Trinajstić information content (AvgIpc) is 3.02. The molecule has 0 aliphatic rings. The molecule has 0 radical (unpaired) electrons. The fourth-order valence-corrected chi connectivity index (χ4v) is 2.61. The molecule has 0 unspecified atom stereocenters. The van der Waals surface area contributed by atoms with Crippen molar-refractivity contribution in [2.24, 2.45) is 0 Å². The van der Waals surface area contributed by atoms with Crippen molar-refractivity contribution in [3.8, 4) is 0 Å². The zero-order valence-electron chi connectivity index (χ0n) is 10.6. The van der Waals surface area contributed by atoms with Crippen LogP contribution < -0.4 is 0 Å². The zero-order chi connectivity index (χ0) is 13.1. The van der Waals surface area contributed by atoms with Crippen LogP contribution in [-0.4, -0.2) is 19.1 Å². The fraction of sp³-hybridized carbons (Fsp3) is 0.286. The summed E-state index contributed by atoms with van der Waals surface area (Å²) in [5.74, 6) is 0. The first-order valence-corrected chi connectivity index (χ1v) is 6.89. The molecule has 3 rings (SSSR count). The van der Waals surface area contributed by atoms with Gasteiger partial charge in [0.05, 0.1) is 17.4 Å². The molecule has 98 valence electrons. The number of H-pyrrole nitrogens is 1. The van der Waals surface area contributed by atoms with Gasteiger partial charge >= 0.3 is 0 Å². The first kappa shape index (κ1) is 12.2. The standard InChI is InChI=1S/C14H16N4S/c19-14-16-12-5-1-2-6-13(12)18(14)9-4-3-8-17-10-7-15-11-17/h1-2,5-7,10-11H,3-4,8-9H2,(H,16,19). The minimum absolute atomic E-state index is 0.809. The second kappa shape index (κ2) is 5.40. The van der Waals surface area contributed by atoms with Crippen LogP contribution in [0.25, 0.3) is 11.0 Å². The maximum Gasteiger partial charge on any atom is 0.178 e. The van der Waals surface area contributed by atoms with Crippen LogP contribution in [0.15, 0.2) is 43.0 Å². The van der Waals surface area contributed by atoms with Crippen LogP contribution in [0.1, 0.15) is 12.8 Å². The molecular weight excluding hydrogens is 256 g/mol. The lowest BCUT2D eigenvalue weighted by Gasteiger charge is -2.05. The van der Waals surface area contributed by atoms with Crippen LogP contribution in [0, 0.1) is 4.77 Å². The van der Waals surface area contributed by atoms with E-state index in [4.69, 9.17) is 12.2 Å². The van der Waals surface area contributed by atoms with Gasteiger partial charge in [0.1, 0.15) is 0 Å². The van der Waals surface area contributed by atoms with Crippen molar-refractivity contribution in [1.29, 1.82) is 0 Å². The Morgan fingerprint density at radius 1 is 1.16 bits per heavy atom. The molecule has 1 N–H and O–H groups in total. The van der Waals surface area contributed by atoms with E-state index >= 15 is 0 Å². The molecule has 0 fully saturated rings. The first-order chi connectivity index (χ1) is 9.34. The third kappa shape index (κ3) is 2.61. The molecule has 0 aliphatic carbocycles. The maximum absolute atomic E-state index is 5.37. The zero-order valence-corrected chi connectivity index (χ0v) is 11.4. The van der Waals surface area contributed by atoms with E-state index < -0.39 is 0 Å². The Bertz CT molecular complexity index is 708. The molecule has 4 nitrogen and oxygen atoms in total. The molecule has 0 amide bonds. The second-order valence-corrected chi connectivity index (χ2v) is 4.99. The van der Waals surface area contributed by atoms with E-state index in [0.717, 1.165) is 36.2 Å². The Morgan fingerprint density at radius 3 is 2.84 bits per heavy atom. The van der Waals surface area contributed by atoms with Gasteiger partial charge in [-0.1, -0.05) is 12.1 Å². The van der Waals surface area contributed by atoms with Gasteiger partial charge in [-0.15, -0.1) is 0 Å². The second-order valence-electron chi connectivity index (χ2n) is 4.61. The Balaban J connectivity index is 1.65. The van der Waals surface area contributed by atoms with Crippen molar-refractivity contribution >= 4 is 23.3 Å². The van der Waals surface area contributed by atoms with E-state index in [9.17, 15) is 0 Å². The minimum atomic E-state index is 0.809. The Hall–Kier alpha value is -1.88. The predicted molar refractivity (Wildman–Crippen MR) is 78.6 cm³/mol. The van der Waals surface area contributed by atoms with E-state index in [-0.39, 0.29) is 0 Å². The number of nitrogens with one attached hydrogen (secondary N) is 1. The number of para-hydroxylation sites is 2. The molecule has 0 saturated heterocycles. The van der Waals surface area contributed by atoms with Crippen molar-refractivity contribution in [1.82, 2.24) is 19.1 Å². The van der Waals surface area contributed by atoms with Crippen LogP contribution in [0.5, 0.6) is 0 Å². The lowest BCUT2D eigenvalue weighted by molar-refractivity contribution is 0.556. The van der Waals surface area contributed by atoms with Gasteiger partial charge in [0, 0.05) is 25.5 Å². The molecule has 1 aromatic carbocycles. The van der Waals surface area contributed by atoms with Gasteiger partial charge in [0.2, 0.25) is 0 Å². The molecule has 0 spiro atoms. The summed E-state index contributed by atoms with van der Waals surface area (Å²) in [5.41, 5.74) is 2.30.